The van der Waals surface area contributed by atoms with Gasteiger partial charge in [0.1, 0.15) is 34.7 Å². The molecule has 0 saturated heterocycles. The molecule has 2 aliphatic rings. The van der Waals surface area contributed by atoms with Crippen LogP contribution in [-0.4, -0.2) is 48.2 Å². The van der Waals surface area contributed by atoms with Gasteiger partial charge in [0, 0.05) is 39.3 Å². The third kappa shape index (κ3) is 5.72. The van der Waals surface area contributed by atoms with Gasteiger partial charge < -0.3 is 19.9 Å². The van der Waals surface area contributed by atoms with E-state index >= 15 is 0 Å². The summed E-state index contributed by atoms with van der Waals surface area (Å²) in [6.45, 7) is 5.57. The molecule has 1 aliphatic carbocycles. The van der Waals surface area contributed by atoms with E-state index in [0.717, 1.165) is 21.4 Å². The molecule has 5 aromatic rings. The summed E-state index contributed by atoms with van der Waals surface area (Å²) in [7, 11) is 0. The number of carbonyl (C=O) groups is 3. The second-order valence-electron chi connectivity index (χ2n) is 12.1. The van der Waals surface area contributed by atoms with E-state index in [0.29, 0.717) is 23.1 Å². The summed E-state index contributed by atoms with van der Waals surface area (Å²) in [5.41, 5.74) is -0.745. The molecule has 0 spiro atoms. The van der Waals surface area contributed by atoms with Gasteiger partial charge in [-0.1, -0.05) is 11.2 Å². The quantitative estimate of drug-likeness (QED) is 0.229. The normalized spacial score (nSPS) is 18.0. The van der Waals surface area contributed by atoms with Crippen LogP contribution in [0.3, 0.4) is 0 Å². The molecule has 15 heteroatoms. The first-order valence-corrected chi connectivity index (χ1v) is 15.3. The Morgan fingerprint density at radius 2 is 1.93 bits per heavy atom. The number of pyridine rings is 2. The van der Waals surface area contributed by atoms with Crippen molar-refractivity contribution in [1.82, 2.24) is 30.0 Å². The number of fused-ring (bicyclic) bond motifs is 4. The Bertz CT molecular complexity index is 2060. The van der Waals surface area contributed by atoms with Crippen molar-refractivity contribution in [3.05, 3.63) is 81.7 Å². The maximum Gasteiger partial charge on any atom is 0.413 e. The minimum Gasteiger partial charge on any atom is -0.444 e. The number of hydrogen-bond donors (Lipinski definition) is 3. The molecule has 1 aliphatic heterocycles. The van der Waals surface area contributed by atoms with Crippen LogP contribution in [-0.2, 0) is 16.1 Å². The van der Waals surface area contributed by atoms with E-state index in [1.807, 2.05) is 6.07 Å². The Kier molecular flexibility index (Phi) is 7.11. The highest BCUT2D eigenvalue weighted by Gasteiger charge is 2.56. The summed E-state index contributed by atoms with van der Waals surface area (Å²) in [6, 6.07) is 9.60. The Morgan fingerprint density at radius 3 is 2.72 bits per heavy atom. The molecule has 6 heterocycles. The zero-order valence-corrected chi connectivity index (χ0v) is 25.8. The highest BCUT2D eigenvalue weighted by atomic mass is 32.1. The van der Waals surface area contributed by atoms with Gasteiger partial charge in [-0.15, -0.1) is 11.3 Å². The van der Waals surface area contributed by atoms with Gasteiger partial charge in [-0.3, -0.25) is 29.3 Å². The molecule has 0 bridgehead atoms. The van der Waals surface area contributed by atoms with Crippen LogP contribution < -0.4 is 21.5 Å². The molecule has 3 N–H and O–H groups in total. The molecule has 0 unspecified atom stereocenters. The van der Waals surface area contributed by atoms with Crippen molar-refractivity contribution in [2.75, 3.05) is 10.6 Å². The van der Waals surface area contributed by atoms with Crippen LogP contribution in [0, 0.1) is 5.92 Å². The van der Waals surface area contributed by atoms with E-state index in [-0.39, 0.29) is 35.7 Å². The van der Waals surface area contributed by atoms with Crippen LogP contribution in [0.2, 0.25) is 0 Å². The van der Waals surface area contributed by atoms with Crippen molar-refractivity contribution in [2.45, 2.75) is 51.3 Å². The maximum absolute atomic E-state index is 13.5. The summed E-state index contributed by atoms with van der Waals surface area (Å²) in [5, 5.41) is 12.8. The van der Waals surface area contributed by atoms with Crippen LogP contribution in [0.5, 0.6) is 0 Å². The predicted octanol–water partition coefficient (Wildman–Crippen LogP) is 4.48. The van der Waals surface area contributed by atoms with E-state index in [1.165, 1.54) is 28.2 Å². The Labute approximate surface area is 265 Å². The number of carbonyl (C=O) groups excluding carboxylic acids is 3. The lowest BCUT2D eigenvalue weighted by Crippen LogP contribution is -2.38. The van der Waals surface area contributed by atoms with E-state index < -0.39 is 29.2 Å². The number of hydrogen-bond acceptors (Lipinski definition) is 11. The Morgan fingerprint density at radius 1 is 1.09 bits per heavy atom. The molecule has 7 rings (SSSR count). The van der Waals surface area contributed by atoms with Crippen molar-refractivity contribution in [2.24, 2.45) is 5.92 Å². The molecule has 0 radical (unpaired) electrons. The minimum absolute atomic E-state index is 0.0102. The zero-order chi connectivity index (χ0) is 32.2. The van der Waals surface area contributed by atoms with Gasteiger partial charge in [0.05, 0.1) is 12.7 Å². The molecule has 5 aromatic heterocycles. The molecule has 234 valence electrons. The van der Waals surface area contributed by atoms with Crippen LogP contribution in [0.1, 0.15) is 60.3 Å². The van der Waals surface area contributed by atoms with Gasteiger partial charge in [-0.25, -0.2) is 14.8 Å². The summed E-state index contributed by atoms with van der Waals surface area (Å²) in [4.78, 5) is 65.8. The van der Waals surface area contributed by atoms with E-state index in [9.17, 15) is 19.2 Å². The van der Waals surface area contributed by atoms with Gasteiger partial charge in [0.25, 0.3) is 11.5 Å². The molecular formula is C31H28N8O6S. The minimum atomic E-state index is -0.750. The Balaban J connectivity index is 1.03. The summed E-state index contributed by atoms with van der Waals surface area (Å²) < 4.78 is 12.8. The molecule has 1 fully saturated rings. The highest BCUT2D eigenvalue weighted by molar-refractivity contribution is 7.19. The van der Waals surface area contributed by atoms with E-state index in [1.54, 1.807) is 57.4 Å². The van der Waals surface area contributed by atoms with Crippen LogP contribution in [0.4, 0.5) is 16.3 Å². The number of thiophene rings is 1. The number of nitrogens with one attached hydrogen (secondary N) is 3. The van der Waals surface area contributed by atoms with Crippen LogP contribution in [0.25, 0.3) is 21.5 Å². The SMILES string of the molecule is CC(C)(C)OC(=O)Nc1cc2sc(CNC(=O)[C@@H]3[C@@H]4C[C@@H]4c4ncc(NC(=O)c5cc(-c6ccccn6)on5)c(=O)n43)cc2cn1. The fourth-order valence-corrected chi connectivity index (χ4v) is 6.52. The lowest BCUT2D eigenvalue weighted by Gasteiger charge is -2.19. The van der Waals surface area contributed by atoms with Gasteiger partial charge in [-0.05, 0) is 57.4 Å². The molecule has 14 nitrogen and oxygen atoms in total. The summed E-state index contributed by atoms with van der Waals surface area (Å²) >= 11 is 1.45. The number of aromatic nitrogens is 5. The third-order valence-electron chi connectivity index (χ3n) is 7.57. The number of rotatable bonds is 7. The second kappa shape index (κ2) is 11.2. The van der Waals surface area contributed by atoms with Crippen molar-refractivity contribution in [3.63, 3.8) is 0 Å². The number of ether oxygens (including phenoxy) is 1. The van der Waals surface area contributed by atoms with Gasteiger partial charge >= 0.3 is 6.09 Å². The lowest BCUT2D eigenvalue weighted by molar-refractivity contribution is -0.124. The second-order valence-corrected chi connectivity index (χ2v) is 13.2. The van der Waals surface area contributed by atoms with Crippen molar-refractivity contribution < 1.29 is 23.6 Å². The predicted molar refractivity (Wildman–Crippen MR) is 167 cm³/mol. The maximum atomic E-state index is 13.5. The van der Waals surface area contributed by atoms with E-state index in [2.05, 4.69) is 36.1 Å². The smallest absolute Gasteiger partial charge is 0.413 e. The molecule has 0 aromatic carbocycles. The van der Waals surface area contributed by atoms with Gasteiger partial charge in [0.15, 0.2) is 11.5 Å². The van der Waals surface area contributed by atoms with Crippen LogP contribution in [0.15, 0.2) is 64.3 Å². The fourth-order valence-electron chi connectivity index (χ4n) is 5.50. The van der Waals surface area contributed by atoms with E-state index in [4.69, 9.17) is 9.26 Å². The molecule has 3 atom stereocenters. The first-order chi connectivity index (χ1) is 22.0. The summed E-state index contributed by atoms with van der Waals surface area (Å²) in [5.74, 6) is 0.195. The van der Waals surface area contributed by atoms with Gasteiger partial charge in [0.2, 0.25) is 5.91 Å². The average Bonchev–Trinajstić information content (AvgIpc) is 3.34. The lowest BCUT2D eigenvalue weighted by atomic mass is 10.1. The average molecular weight is 641 g/mol. The molecular weight excluding hydrogens is 612 g/mol. The zero-order valence-electron chi connectivity index (χ0n) is 24.9. The van der Waals surface area contributed by atoms with Crippen molar-refractivity contribution >= 4 is 50.8 Å². The first-order valence-electron chi connectivity index (χ1n) is 14.5. The number of nitrogens with zero attached hydrogens (tertiary/aromatic N) is 5. The largest absolute Gasteiger partial charge is 0.444 e. The molecule has 3 amide bonds. The molecule has 1 saturated carbocycles. The topological polar surface area (TPSA) is 183 Å². The fraction of sp³-hybridized carbons (Fsp3) is 0.290. The highest BCUT2D eigenvalue weighted by Crippen LogP contribution is 2.58. The summed E-state index contributed by atoms with van der Waals surface area (Å²) in [6.07, 6.45) is 4.71. The first kappa shape index (κ1) is 29.3. The monoisotopic (exact) mass is 640 g/mol. The van der Waals surface area contributed by atoms with Gasteiger partial charge in [-0.2, -0.15) is 0 Å². The Hall–Kier alpha value is -5.44. The standard InChI is InChI=1S/C31H28N8O6S/c1-31(2,3)44-30(43)37-24-11-23-15(12-33-24)8-16(46-23)13-35-28(41)25-17-9-18(17)26-34-14-21(29(42)39(25)26)36-27(40)20-10-22(45-38-20)19-6-4-5-7-32-19/h4-8,10-12,14,17-18,25H,9,13H2,1-3H3,(H,35,41)(H,36,40)(H,33,37,43)/t17-,18+,25+/m1/s1. The van der Waals surface area contributed by atoms with Crippen LogP contribution >= 0.6 is 11.3 Å². The molecule has 46 heavy (non-hydrogen) atoms. The van der Waals surface area contributed by atoms with Crippen molar-refractivity contribution in [3.8, 4) is 11.5 Å². The third-order valence-corrected chi connectivity index (χ3v) is 8.67. The van der Waals surface area contributed by atoms with Crippen molar-refractivity contribution in [1.29, 1.82) is 0 Å². The number of anilines is 2. The number of amides is 3.